The van der Waals surface area contributed by atoms with Gasteiger partial charge in [0.05, 0.1) is 18.1 Å². The Bertz CT molecular complexity index is 657. The average Bonchev–Trinajstić information content (AvgIpc) is 2.88. The molecule has 0 saturated heterocycles. The predicted octanol–water partition coefficient (Wildman–Crippen LogP) is 3.18. The third-order valence-corrected chi connectivity index (χ3v) is 2.98. The Balaban J connectivity index is 1.74. The largest absolute Gasteiger partial charge is 0.497 e. The van der Waals surface area contributed by atoms with E-state index in [2.05, 4.69) is 21.4 Å². The zero-order chi connectivity index (χ0) is 13.1. The number of hydrogen-bond donors (Lipinski definition) is 2. The summed E-state index contributed by atoms with van der Waals surface area (Å²) in [4.78, 5) is 7.71. The van der Waals surface area contributed by atoms with Gasteiger partial charge in [-0.05, 0) is 29.8 Å². The minimum absolute atomic E-state index is 0.705. The summed E-state index contributed by atoms with van der Waals surface area (Å²) < 4.78 is 5.20. The van der Waals surface area contributed by atoms with Gasteiger partial charge < -0.3 is 15.0 Å². The maximum atomic E-state index is 5.20. The molecule has 1 heterocycles. The number of nitrogens with one attached hydrogen (secondary N) is 2. The van der Waals surface area contributed by atoms with Crippen molar-refractivity contribution in [1.82, 2.24) is 9.97 Å². The number of para-hydroxylation sites is 2. The quantitative estimate of drug-likeness (QED) is 0.750. The van der Waals surface area contributed by atoms with Gasteiger partial charge in [0.2, 0.25) is 5.95 Å². The molecule has 0 saturated carbocycles. The Hall–Kier alpha value is -2.49. The van der Waals surface area contributed by atoms with Crippen LogP contribution in [0.3, 0.4) is 0 Å². The fraction of sp³-hybridized carbons (Fsp3) is 0.133. The SMILES string of the molecule is COc1cccc(CNc2nc3ccccc3[nH]2)c1. The number of aromatic nitrogens is 2. The zero-order valence-electron chi connectivity index (χ0n) is 10.7. The molecule has 0 amide bonds. The van der Waals surface area contributed by atoms with Crippen LogP contribution in [-0.4, -0.2) is 17.1 Å². The molecule has 4 nitrogen and oxygen atoms in total. The van der Waals surface area contributed by atoms with Crippen molar-refractivity contribution < 1.29 is 4.74 Å². The van der Waals surface area contributed by atoms with E-state index in [0.29, 0.717) is 6.54 Å². The number of nitrogens with zero attached hydrogens (tertiary/aromatic N) is 1. The summed E-state index contributed by atoms with van der Waals surface area (Å²) in [5, 5.41) is 3.28. The molecule has 19 heavy (non-hydrogen) atoms. The van der Waals surface area contributed by atoms with Crippen LogP contribution in [0, 0.1) is 0 Å². The molecule has 0 spiro atoms. The van der Waals surface area contributed by atoms with Crippen LogP contribution in [0.15, 0.2) is 48.5 Å². The number of anilines is 1. The van der Waals surface area contributed by atoms with Gasteiger partial charge in [0.25, 0.3) is 0 Å². The molecule has 0 unspecified atom stereocenters. The van der Waals surface area contributed by atoms with Crippen molar-refractivity contribution >= 4 is 17.0 Å². The average molecular weight is 253 g/mol. The first kappa shape index (κ1) is 11.6. The van der Waals surface area contributed by atoms with Crippen molar-refractivity contribution in [2.24, 2.45) is 0 Å². The van der Waals surface area contributed by atoms with E-state index in [1.807, 2.05) is 42.5 Å². The van der Waals surface area contributed by atoms with Gasteiger partial charge in [0.15, 0.2) is 0 Å². The fourth-order valence-corrected chi connectivity index (χ4v) is 2.00. The van der Waals surface area contributed by atoms with Crippen molar-refractivity contribution in [1.29, 1.82) is 0 Å². The van der Waals surface area contributed by atoms with Gasteiger partial charge in [-0.3, -0.25) is 0 Å². The smallest absolute Gasteiger partial charge is 0.201 e. The molecular weight excluding hydrogens is 238 g/mol. The van der Waals surface area contributed by atoms with Crippen LogP contribution < -0.4 is 10.1 Å². The number of imidazole rings is 1. The normalized spacial score (nSPS) is 10.6. The predicted molar refractivity (Wildman–Crippen MR) is 76.4 cm³/mol. The van der Waals surface area contributed by atoms with Gasteiger partial charge in [-0.25, -0.2) is 4.98 Å². The van der Waals surface area contributed by atoms with Crippen molar-refractivity contribution in [2.75, 3.05) is 12.4 Å². The number of fused-ring (bicyclic) bond motifs is 1. The van der Waals surface area contributed by atoms with E-state index in [4.69, 9.17) is 4.74 Å². The second-order valence-corrected chi connectivity index (χ2v) is 4.31. The van der Waals surface area contributed by atoms with Crippen LogP contribution in [-0.2, 0) is 6.54 Å². The van der Waals surface area contributed by atoms with E-state index in [1.165, 1.54) is 0 Å². The highest BCUT2D eigenvalue weighted by Gasteiger charge is 2.01. The van der Waals surface area contributed by atoms with Crippen molar-refractivity contribution in [3.05, 3.63) is 54.1 Å². The van der Waals surface area contributed by atoms with Crippen molar-refractivity contribution in [3.63, 3.8) is 0 Å². The van der Waals surface area contributed by atoms with E-state index in [9.17, 15) is 0 Å². The Morgan fingerprint density at radius 3 is 2.89 bits per heavy atom. The first-order chi connectivity index (χ1) is 9.35. The first-order valence-electron chi connectivity index (χ1n) is 6.17. The number of methoxy groups -OCH3 is 1. The highest BCUT2D eigenvalue weighted by atomic mass is 16.5. The third-order valence-electron chi connectivity index (χ3n) is 2.98. The summed E-state index contributed by atoms with van der Waals surface area (Å²) in [6.45, 7) is 0.705. The molecule has 96 valence electrons. The minimum Gasteiger partial charge on any atom is -0.497 e. The van der Waals surface area contributed by atoms with E-state index in [-0.39, 0.29) is 0 Å². The summed E-state index contributed by atoms with van der Waals surface area (Å²) in [5.41, 5.74) is 3.16. The van der Waals surface area contributed by atoms with Crippen molar-refractivity contribution in [3.8, 4) is 5.75 Å². The number of benzene rings is 2. The van der Waals surface area contributed by atoms with Crippen LogP contribution in [0.5, 0.6) is 5.75 Å². The number of ether oxygens (including phenoxy) is 1. The van der Waals surface area contributed by atoms with Gasteiger partial charge >= 0.3 is 0 Å². The molecule has 4 heteroatoms. The van der Waals surface area contributed by atoms with Crippen LogP contribution in [0.2, 0.25) is 0 Å². The number of H-pyrrole nitrogens is 1. The lowest BCUT2D eigenvalue weighted by Crippen LogP contribution is -2.00. The molecule has 2 aromatic carbocycles. The zero-order valence-corrected chi connectivity index (χ0v) is 10.7. The van der Waals surface area contributed by atoms with Crippen LogP contribution >= 0.6 is 0 Å². The number of aromatic amines is 1. The molecule has 3 rings (SSSR count). The molecular formula is C15H15N3O. The van der Waals surface area contributed by atoms with E-state index >= 15 is 0 Å². The van der Waals surface area contributed by atoms with Crippen molar-refractivity contribution in [2.45, 2.75) is 6.54 Å². The Labute approximate surface area is 111 Å². The summed E-state index contributed by atoms with van der Waals surface area (Å²) in [7, 11) is 1.67. The number of hydrogen-bond acceptors (Lipinski definition) is 3. The molecule has 1 aromatic heterocycles. The van der Waals surface area contributed by atoms with Gasteiger partial charge in [-0.1, -0.05) is 24.3 Å². The Morgan fingerprint density at radius 1 is 1.16 bits per heavy atom. The number of rotatable bonds is 4. The third kappa shape index (κ3) is 2.52. The maximum Gasteiger partial charge on any atom is 0.201 e. The lowest BCUT2D eigenvalue weighted by atomic mass is 10.2. The second kappa shape index (κ2) is 5.02. The minimum atomic E-state index is 0.705. The van der Waals surface area contributed by atoms with Gasteiger partial charge in [0.1, 0.15) is 5.75 Å². The fourth-order valence-electron chi connectivity index (χ4n) is 2.00. The standard InChI is InChI=1S/C15H15N3O/c1-19-12-6-4-5-11(9-12)10-16-15-17-13-7-2-3-8-14(13)18-15/h2-9H,10H2,1H3,(H2,16,17,18). The lowest BCUT2D eigenvalue weighted by molar-refractivity contribution is 0.414. The first-order valence-corrected chi connectivity index (χ1v) is 6.17. The molecule has 0 radical (unpaired) electrons. The van der Waals surface area contributed by atoms with Crippen LogP contribution in [0.1, 0.15) is 5.56 Å². The van der Waals surface area contributed by atoms with Crippen LogP contribution in [0.4, 0.5) is 5.95 Å². The topological polar surface area (TPSA) is 49.9 Å². The molecule has 0 aliphatic carbocycles. The summed E-state index contributed by atoms with van der Waals surface area (Å²) in [5.74, 6) is 1.65. The molecule has 3 aromatic rings. The van der Waals surface area contributed by atoms with Gasteiger partial charge in [-0.2, -0.15) is 0 Å². The summed E-state index contributed by atoms with van der Waals surface area (Å²) in [6, 6.07) is 16.0. The van der Waals surface area contributed by atoms with E-state index in [1.54, 1.807) is 7.11 Å². The van der Waals surface area contributed by atoms with Gasteiger partial charge in [0, 0.05) is 6.54 Å². The molecule has 0 atom stereocenters. The highest BCUT2D eigenvalue weighted by Crippen LogP contribution is 2.16. The monoisotopic (exact) mass is 253 g/mol. The molecule has 0 fully saturated rings. The molecule has 0 aliphatic rings. The Morgan fingerprint density at radius 2 is 2.05 bits per heavy atom. The molecule has 2 N–H and O–H groups in total. The molecule has 0 bridgehead atoms. The summed E-state index contributed by atoms with van der Waals surface area (Å²) >= 11 is 0. The molecule has 0 aliphatic heterocycles. The lowest BCUT2D eigenvalue weighted by Gasteiger charge is -2.05. The summed E-state index contributed by atoms with van der Waals surface area (Å²) in [6.07, 6.45) is 0. The van der Waals surface area contributed by atoms with Gasteiger partial charge in [-0.15, -0.1) is 0 Å². The van der Waals surface area contributed by atoms with E-state index in [0.717, 1.165) is 28.3 Å². The Kier molecular flexibility index (Phi) is 3.06. The second-order valence-electron chi connectivity index (χ2n) is 4.31. The maximum absolute atomic E-state index is 5.20. The highest BCUT2D eigenvalue weighted by molar-refractivity contribution is 5.77. The van der Waals surface area contributed by atoms with E-state index < -0.39 is 0 Å². The van der Waals surface area contributed by atoms with Crippen LogP contribution in [0.25, 0.3) is 11.0 Å².